The quantitative estimate of drug-likeness (QED) is 0.939. The Hall–Kier alpha value is -1.26. The Morgan fingerprint density at radius 1 is 1.41 bits per heavy atom. The van der Waals surface area contributed by atoms with Gasteiger partial charge in [0, 0.05) is 10.0 Å². The average Bonchev–Trinajstić information content (AvgIpc) is 2.82. The van der Waals surface area contributed by atoms with Crippen LogP contribution in [0.4, 0.5) is 0 Å². The first-order valence-electron chi connectivity index (χ1n) is 5.42. The zero-order chi connectivity index (χ0) is 12.3. The first-order chi connectivity index (χ1) is 8.22. The maximum Gasteiger partial charge on any atom is 0.120 e. The second kappa shape index (κ2) is 5.38. The third-order valence-corrected chi connectivity index (χ3v) is 3.21. The molecule has 2 aromatic rings. The van der Waals surface area contributed by atoms with E-state index in [0.717, 1.165) is 21.3 Å². The largest absolute Gasteiger partial charge is 0.494 e. The Balaban J connectivity index is 2.27. The molecular weight excluding hydrogens is 282 g/mol. The van der Waals surface area contributed by atoms with Crippen molar-refractivity contribution >= 4 is 15.9 Å². The van der Waals surface area contributed by atoms with Crippen LogP contribution in [0.5, 0.6) is 5.75 Å². The van der Waals surface area contributed by atoms with Crippen LogP contribution in [0.3, 0.4) is 0 Å². The molecule has 2 N–H and O–H groups in total. The van der Waals surface area contributed by atoms with Crippen LogP contribution < -0.4 is 10.5 Å². The molecule has 0 aliphatic rings. The number of ether oxygens (including phenoxy) is 1. The fraction of sp³-hybridized carbons (Fsp3) is 0.231. The van der Waals surface area contributed by atoms with Crippen LogP contribution in [0.15, 0.2) is 45.7 Å². The highest BCUT2D eigenvalue weighted by Crippen LogP contribution is 2.30. The van der Waals surface area contributed by atoms with Gasteiger partial charge in [-0.25, -0.2) is 0 Å². The molecule has 1 heterocycles. The van der Waals surface area contributed by atoms with Gasteiger partial charge in [-0.1, -0.05) is 22.0 Å². The Morgan fingerprint density at radius 3 is 2.82 bits per heavy atom. The summed E-state index contributed by atoms with van der Waals surface area (Å²) in [5.74, 6) is 0.836. The van der Waals surface area contributed by atoms with Gasteiger partial charge in [0.15, 0.2) is 0 Å². The van der Waals surface area contributed by atoms with Crippen molar-refractivity contribution in [1.82, 2.24) is 0 Å². The molecule has 1 atom stereocenters. The maximum atomic E-state index is 6.15. The summed E-state index contributed by atoms with van der Waals surface area (Å²) in [7, 11) is 0. The molecule has 1 aromatic carbocycles. The zero-order valence-corrected chi connectivity index (χ0v) is 11.1. The van der Waals surface area contributed by atoms with Gasteiger partial charge in [-0.15, -0.1) is 0 Å². The summed E-state index contributed by atoms with van der Waals surface area (Å²) in [5.41, 5.74) is 8.12. The third-order valence-electron chi connectivity index (χ3n) is 2.52. The molecule has 0 saturated carbocycles. The van der Waals surface area contributed by atoms with E-state index >= 15 is 0 Å². The highest BCUT2D eigenvalue weighted by molar-refractivity contribution is 9.10. The first-order valence-corrected chi connectivity index (χ1v) is 6.21. The summed E-state index contributed by atoms with van der Waals surface area (Å²) < 4.78 is 11.4. The van der Waals surface area contributed by atoms with E-state index in [2.05, 4.69) is 15.9 Å². The number of nitrogens with two attached hydrogens (primary N) is 1. The summed E-state index contributed by atoms with van der Waals surface area (Å²) in [6.45, 7) is 2.61. The lowest BCUT2D eigenvalue weighted by molar-refractivity contribution is 0.340. The van der Waals surface area contributed by atoms with Crippen molar-refractivity contribution in [3.63, 3.8) is 0 Å². The summed E-state index contributed by atoms with van der Waals surface area (Å²) in [6, 6.07) is 7.49. The molecule has 0 amide bonds. The lowest BCUT2D eigenvalue weighted by atomic mass is 10.0. The molecule has 4 heteroatoms. The highest BCUT2D eigenvalue weighted by atomic mass is 79.9. The number of hydrogen-bond acceptors (Lipinski definition) is 3. The standard InChI is InChI=1S/C13H14BrNO2/c1-2-17-10-3-4-11(12(14)7-10)13(15)9-5-6-16-8-9/h3-8,13H,2,15H2,1H3. The van der Waals surface area contributed by atoms with Crippen molar-refractivity contribution in [2.75, 3.05) is 6.61 Å². The van der Waals surface area contributed by atoms with Gasteiger partial charge < -0.3 is 14.9 Å². The van der Waals surface area contributed by atoms with Crippen molar-refractivity contribution in [2.45, 2.75) is 13.0 Å². The van der Waals surface area contributed by atoms with Crippen LogP contribution in [-0.4, -0.2) is 6.61 Å². The summed E-state index contributed by atoms with van der Waals surface area (Å²) in [6.07, 6.45) is 3.28. The molecule has 2 rings (SSSR count). The van der Waals surface area contributed by atoms with E-state index in [-0.39, 0.29) is 6.04 Å². The van der Waals surface area contributed by atoms with Crippen molar-refractivity contribution < 1.29 is 9.15 Å². The van der Waals surface area contributed by atoms with Crippen LogP contribution in [0.2, 0.25) is 0 Å². The van der Waals surface area contributed by atoms with Crippen LogP contribution in [0.25, 0.3) is 0 Å². The Kier molecular flexibility index (Phi) is 3.86. The van der Waals surface area contributed by atoms with E-state index in [1.165, 1.54) is 0 Å². The monoisotopic (exact) mass is 295 g/mol. The summed E-state index contributed by atoms with van der Waals surface area (Å²) >= 11 is 3.51. The fourth-order valence-electron chi connectivity index (χ4n) is 1.65. The Morgan fingerprint density at radius 2 is 2.24 bits per heavy atom. The molecule has 1 unspecified atom stereocenters. The molecule has 0 aliphatic heterocycles. The number of halogens is 1. The molecule has 0 spiro atoms. The highest BCUT2D eigenvalue weighted by Gasteiger charge is 2.13. The van der Waals surface area contributed by atoms with Crippen molar-refractivity contribution in [1.29, 1.82) is 0 Å². The minimum atomic E-state index is -0.196. The molecule has 0 radical (unpaired) electrons. The lowest BCUT2D eigenvalue weighted by Gasteiger charge is -2.13. The predicted molar refractivity (Wildman–Crippen MR) is 70.0 cm³/mol. The van der Waals surface area contributed by atoms with Gasteiger partial charge in [-0.05, 0) is 30.7 Å². The van der Waals surface area contributed by atoms with Crippen molar-refractivity contribution in [3.05, 3.63) is 52.4 Å². The van der Waals surface area contributed by atoms with Crippen LogP contribution in [0, 0.1) is 0 Å². The smallest absolute Gasteiger partial charge is 0.120 e. The minimum absolute atomic E-state index is 0.196. The number of furan rings is 1. The van der Waals surface area contributed by atoms with Crippen molar-refractivity contribution in [3.8, 4) is 5.75 Å². The van der Waals surface area contributed by atoms with E-state index in [4.69, 9.17) is 14.9 Å². The second-order valence-electron chi connectivity index (χ2n) is 3.65. The van der Waals surface area contributed by atoms with E-state index < -0.39 is 0 Å². The fourth-order valence-corrected chi connectivity index (χ4v) is 2.25. The van der Waals surface area contributed by atoms with Crippen LogP contribution in [0.1, 0.15) is 24.1 Å². The van der Waals surface area contributed by atoms with E-state index in [1.54, 1.807) is 12.5 Å². The van der Waals surface area contributed by atoms with Gasteiger partial charge in [-0.3, -0.25) is 0 Å². The molecule has 3 nitrogen and oxygen atoms in total. The molecule has 0 aliphatic carbocycles. The Labute approximate surface area is 109 Å². The third kappa shape index (κ3) is 2.70. The van der Waals surface area contributed by atoms with Gasteiger partial charge in [0.05, 0.1) is 25.2 Å². The predicted octanol–water partition coefficient (Wildman–Crippen LogP) is 3.49. The summed E-state index contributed by atoms with van der Waals surface area (Å²) in [4.78, 5) is 0. The van der Waals surface area contributed by atoms with E-state index in [1.807, 2.05) is 31.2 Å². The van der Waals surface area contributed by atoms with Crippen molar-refractivity contribution in [2.24, 2.45) is 5.73 Å². The molecule has 0 bridgehead atoms. The van der Waals surface area contributed by atoms with Gasteiger partial charge in [0.1, 0.15) is 5.75 Å². The minimum Gasteiger partial charge on any atom is -0.494 e. The van der Waals surface area contributed by atoms with E-state index in [0.29, 0.717) is 6.61 Å². The van der Waals surface area contributed by atoms with Gasteiger partial charge in [0.2, 0.25) is 0 Å². The number of rotatable bonds is 4. The number of benzene rings is 1. The normalized spacial score (nSPS) is 12.4. The molecule has 90 valence electrons. The number of hydrogen-bond donors (Lipinski definition) is 1. The second-order valence-corrected chi connectivity index (χ2v) is 4.51. The molecule has 1 aromatic heterocycles. The molecular formula is C13H14BrNO2. The van der Waals surface area contributed by atoms with Gasteiger partial charge in [0.25, 0.3) is 0 Å². The maximum absolute atomic E-state index is 6.15. The molecule has 0 saturated heterocycles. The average molecular weight is 296 g/mol. The van der Waals surface area contributed by atoms with Crippen LogP contribution >= 0.6 is 15.9 Å². The SMILES string of the molecule is CCOc1ccc(C(N)c2ccoc2)c(Br)c1. The summed E-state index contributed by atoms with van der Waals surface area (Å²) in [5, 5.41) is 0. The molecule has 0 fully saturated rings. The topological polar surface area (TPSA) is 48.4 Å². The van der Waals surface area contributed by atoms with Gasteiger partial charge >= 0.3 is 0 Å². The van der Waals surface area contributed by atoms with E-state index in [9.17, 15) is 0 Å². The Bertz CT molecular complexity index is 482. The molecule has 17 heavy (non-hydrogen) atoms. The zero-order valence-electron chi connectivity index (χ0n) is 9.52. The lowest BCUT2D eigenvalue weighted by Crippen LogP contribution is -2.11. The first kappa shape index (κ1) is 12.2. The van der Waals surface area contributed by atoms with Gasteiger partial charge in [-0.2, -0.15) is 0 Å². The van der Waals surface area contributed by atoms with Crippen LogP contribution in [-0.2, 0) is 0 Å².